The molecule has 14 heteroatoms. The van der Waals surface area contributed by atoms with Gasteiger partial charge in [0.05, 0.1) is 11.9 Å². The molecule has 1 aliphatic rings. The van der Waals surface area contributed by atoms with Crippen molar-refractivity contribution in [1.29, 1.82) is 0 Å². The van der Waals surface area contributed by atoms with Crippen LogP contribution in [0.2, 0.25) is 0 Å². The molecule has 1 aromatic carbocycles. The van der Waals surface area contributed by atoms with E-state index in [4.69, 9.17) is 4.74 Å². The van der Waals surface area contributed by atoms with Gasteiger partial charge in [0.15, 0.2) is 11.9 Å². The lowest BCUT2D eigenvalue weighted by Gasteiger charge is -2.34. The molecule has 14 nitrogen and oxygen atoms in total. The lowest BCUT2D eigenvalue weighted by molar-refractivity contribution is -0.111. The zero-order valence-corrected chi connectivity index (χ0v) is 29.7. The second-order valence-electron chi connectivity index (χ2n) is 13.2. The second-order valence-corrected chi connectivity index (χ2v) is 13.2. The minimum absolute atomic E-state index is 0.0613. The number of nitrogens with zero attached hydrogens (tertiary/aromatic N) is 7. The van der Waals surface area contributed by atoms with Crippen LogP contribution in [-0.4, -0.2) is 87.5 Å². The zero-order valence-electron chi connectivity index (χ0n) is 29.7. The van der Waals surface area contributed by atoms with E-state index in [0.717, 1.165) is 25.6 Å². The van der Waals surface area contributed by atoms with E-state index in [0.29, 0.717) is 47.6 Å². The van der Waals surface area contributed by atoms with Crippen LogP contribution in [0.15, 0.2) is 60.8 Å². The Morgan fingerprint density at radius 3 is 2.50 bits per heavy atom. The van der Waals surface area contributed by atoms with E-state index in [-0.39, 0.29) is 11.6 Å². The SMILES string of the molecule is CCN(C)CCNC(=O)c1nc(NC(=O)N[C@@]2(C=O)C=C[C@@H](Oc3ccc4nnc(N(CC)CC)n4c3)c3ccccc32)cc(C(C)(C)C)n1. The number of ether oxygens (including phenoxy) is 1. The first-order valence-electron chi connectivity index (χ1n) is 16.9. The minimum Gasteiger partial charge on any atom is -0.480 e. The summed E-state index contributed by atoms with van der Waals surface area (Å²) in [5.74, 6) is 0.915. The molecule has 0 bridgehead atoms. The Kier molecular flexibility index (Phi) is 10.8. The molecule has 0 aliphatic heterocycles. The van der Waals surface area contributed by atoms with Gasteiger partial charge in [0, 0.05) is 43.2 Å². The van der Waals surface area contributed by atoms with E-state index in [2.05, 4.69) is 59.8 Å². The smallest absolute Gasteiger partial charge is 0.321 e. The third kappa shape index (κ3) is 7.75. The average Bonchev–Trinajstić information content (AvgIpc) is 3.52. The van der Waals surface area contributed by atoms with Gasteiger partial charge in [0.25, 0.3) is 5.91 Å². The Bertz CT molecular complexity index is 1880. The number of benzene rings is 1. The second kappa shape index (κ2) is 15.0. The number of urea groups is 1. The quantitative estimate of drug-likeness (QED) is 0.138. The number of carbonyl (C=O) groups excluding carboxylic acids is 3. The molecule has 264 valence electrons. The third-order valence-corrected chi connectivity index (χ3v) is 8.68. The molecule has 0 radical (unpaired) electrons. The average molecular weight is 683 g/mol. The van der Waals surface area contributed by atoms with Crippen molar-refractivity contribution in [3.63, 3.8) is 0 Å². The first-order chi connectivity index (χ1) is 23.9. The van der Waals surface area contributed by atoms with E-state index in [1.165, 1.54) is 0 Å². The van der Waals surface area contributed by atoms with E-state index in [1.54, 1.807) is 30.4 Å². The Morgan fingerprint density at radius 1 is 1.04 bits per heavy atom. The number of anilines is 2. The molecule has 50 heavy (non-hydrogen) atoms. The number of rotatable bonds is 13. The molecule has 1 aliphatic carbocycles. The van der Waals surface area contributed by atoms with E-state index in [1.807, 2.05) is 69.6 Å². The molecule has 3 heterocycles. The fourth-order valence-corrected chi connectivity index (χ4v) is 5.63. The number of likely N-dealkylation sites (N-methyl/N-ethyl adjacent to an activating group) is 1. The van der Waals surface area contributed by atoms with Gasteiger partial charge in [-0.15, -0.1) is 10.2 Å². The predicted octanol–water partition coefficient (Wildman–Crippen LogP) is 4.25. The van der Waals surface area contributed by atoms with Gasteiger partial charge in [0.2, 0.25) is 11.8 Å². The van der Waals surface area contributed by atoms with Crippen LogP contribution in [0.5, 0.6) is 5.75 Å². The first kappa shape index (κ1) is 35.9. The van der Waals surface area contributed by atoms with Crippen LogP contribution in [0, 0.1) is 0 Å². The fourth-order valence-electron chi connectivity index (χ4n) is 5.63. The summed E-state index contributed by atoms with van der Waals surface area (Å²) in [5, 5.41) is 17.0. The maximum Gasteiger partial charge on any atom is 0.321 e. The molecule has 4 aromatic rings. The van der Waals surface area contributed by atoms with Gasteiger partial charge < -0.3 is 25.2 Å². The molecule has 0 spiro atoms. The maximum absolute atomic E-state index is 13.6. The highest BCUT2D eigenvalue weighted by Gasteiger charge is 2.38. The van der Waals surface area contributed by atoms with Crippen LogP contribution >= 0.6 is 0 Å². The maximum atomic E-state index is 13.6. The Balaban J connectivity index is 1.37. The van der Waals surface area contributed by atoms with Crippen molar-refractivity contribution in [1.82, 2.24) is 40.1 Å². The molecule has 2 atom stereocenters. The lowest BCUT2D eigenvalue weighted by Crippen LogP contribution is -2.49. The summed E-state index contributed by atoms with van der Waals surface area (Å²) in [6.45, 7) is 15.5. The van der Waals surface area contributed by atoms with Crippen LogP contribution in [0.4, 0.5) is 16.6 Å². The number of pyridine rings is 1. The van der Waals surface area contributed by atoms with Crippen molar-refractivity contribution in [3.05, 3.63) is 83.5 Å². The van der Waals surface area contributed by atoms with Crippen molar-refractivity contribution < 1.29 is 19.1 Å². The normalized spacial score (nSPS) is 16.9. The topological polar surface area (TPSA) is 159 Å². The molecule has 0 unspecified atom stereocenters. The third-order valence-electron chi connectivity index (χ3n) is 8.68. The summed E-state index contributed by atoms with van der Waals surface area (Å²) in [6, 6.07) is 11.9. The lowest BCUT2D eigenvalue weighted by atomic mass is 9.81. The number of hydrogen-bond donors (Lipinski definition) is 3. The standard InChI is InChI=1S/C36H46N10O4/c1-8-44(7)20-19-37-32(48)31-38-28(35(4,5)6)21-29(39-31)40-33(49)41-36(23-47)18-17-27(25-13-11-12-14-26(25)36)50-24-15-16-30-42-43-34(46(30)22-24)45(9-2)10-3/h11-18,21-23,27H,8-10,19-20H2,1-7H3,(H,37,48)(H2,38,39,40,41,49)/t27-,36-/m1/s1. The van der Waals surface area contributed by atoms with E-state index >= 15 is 0 Å². The molecule has 3 N–H and O–H groups in total. The molecule has 0 saturated carbocycles. The van der Waals surface area contributed by atoms with Crippen LogP contribution in [0.25, 0.3) is 5.65 Å². The fraction of sp³-hybridized carbons (Fsp3) is 0.417. The summed E-state index contributed by atoms with van der Waals surface area (Å²) in [7, 11) is 1.96. The van der Waals surface area contributed by atoms with Crippen molar-refractivity contribution >= 4 is 35.6 Å². The van der Waals surface area contributed by atoms with Crippen LogP contribution in [0.1, 0.15) is 75.1 Å². The van der Waals surface area contributed by atoms with Crippen LogP contribution in [0.3, 0.4) is 0 Å². The predicted molar refractivity (Wildman–Crippen MR) is 192 cm³/mol. The number of aromatic nitrogens is 5. The van der Waals surface area contributed by atoms with Gasteiger partial charge in [0.1, 0.15) is 23.2 Å². The molecular weight excluding hydrogens is 636 g/mol. The summed E-state index contributed by atoms with van der Waals surface area (Å²) in [6.07, 6.45) is 5.35. The van der Waals surface area contributed by atoms with Gasteiger partial charge in [-0.1, -0.05) is 52.0 Å². The van der Waals surface area contributed by atoms with Crippen LogP contribution in [-0.2, 0) is 15.7 Å². The molecule has 0 fully saturated rings. The number of amides is 3. The zero-order chi connectivity index (χ0) is 36.1. The summed E-state index contributed by atoms with van der Waals surface area (Å²) in [5.41, 5.74) is 0.589. The summed E-state index contributed by atoms with van der Waals surface area (Å²) < 4.78 is 8.33. The number of nitrogens with one attached hydrogen (secondary N) is 3. The highest BCUT2D eigenvalue weighted by atomic mass is 16.5. The van der Waals surface area contributed by atoms with Gasteiger partial charge in [-0.3, -0.25) is 19.3 Å². The molecule has 0 saturated heterocycles. The van der Waals surface area contributed by atoms with E-state index < -0.39 is 29.0 Å². The largest absolute Gasteiger partial charge is 0.480 e. The highest BCUT2D eigenvalue weighted by Crippen LogP contribution is 2.37. The Labute approximate surface area is 292 Å². The van der Waals surface area contributed by atoms with Gasteiger partial charge in [-0.2, -0.15) is 0 Å². The summed E-state index contributed by atoms with van der Waals surface area (Å²) in [4.78, 5) is 52.4. The van der Waals surface area contributed by atoms with Crippen molar-refractivity contribution in [2.45, 2.75) is 58.6 Å². The number of carbonyl (C=O) groups is 3. The number of fused-ring (bicyclic) bond motifs is 2. The van der Waals surface area contributed by atoms with Crippen LogP contribution < -0.4 is 25.6 Å². The summed E-state index contributed by atoms with van der Waals surface area (Å²) >= 11 is 0. The van der Waals surface area contributed by atoms with E-state index in [9.17, 15) is 14.4 Å². The number of hydrogen-bond acceptors (Lipinski definition) is 10. The molecule has 3 aromatic heterocycles. The van der Waals surface area contributed by atoms with Crippen molar-refractivity contribution in [3.8, 4) is 5.75 Å². The Hall–Kier alpha value is -5.37. The first-order valence-corrected chi connectivity index (χ1v) is 16.9. The monoisotopic (exact) mass is 682 g/mol. The highest BCUT2D eigenvalue weighted by molar-refractivity contribution is 5.94. The van der Waals surface area contributed by atoms with Crippen molar-refractivity contribution in [2.75, 3.05) is 50.0 Å². The van der Waals surface area contributed by atoms with Crippen molar-refractivity contribution in [2.24, 2.45) is 0 Å². The number of aldehydes is 1. The molecule has 5 rings (SSSR count). The molecule has 3 amide bonds. The van der Waals surface area contributed by atoms with Gasteiger partial charge >= 0.3 is 6.03 Å². The van der Waals surface area contributed by atoms with Gasteiger partial charge in [-0.25, -0.2) is 14.8 Å². The molecular formula is C36H46N10O4. The minimum atomic E-state index is -1.50. The van der Waals surface area contributed by atoms with Gasteiger partial charge in [-0.05, 0) is 57.3 Å². The Morgan fingerprint density at radius 2 is 1.80 bits per heavy atom.